The molecule has 0 saturated carbocycles. The molecule has 3 aromatic rings. The first-order valence-electron chi connectivity index (χ1n) is 7.83. The second-order valence-electron chi connectivity index (χ2n) is 5.47. The van der Waals surface area contributed by atoms with Crippen LogP contribution >= 0.6 is 0 Å². The van der Waals surface area contributed by atoms with Crippen LogP contribution in [0.4, 0.5) is 22.0 Å². The van der Waals surface area contributed by atoms with Gasteiger partial charge >= 0.3 is 17.3 Å². The number of nitro groups is 1. The lowest BCUT2D eigenvalue weighted by atomic mass is 10.2. The fourth-order valence-electron chi connectivity index (χ4n) is 2.43. The third kappa shape index (κ3) is 3.84. The number of carbonyl (C=O) groups is 1. The van der Waals surface area contributed by atoms with Gasteiger partial charge in [-0.25, -0.2) is 9.78 Å². The van der Waals surface area contributed by atoms with E-state index in [-0.39, 0.29) is 12.4 Å². The molecule has 10 nitrogen and oxygen atoms in total. The Kier molecular flexibility index (Phi) is 4.97. The zero-order valence-electron chi connectivity index (χ0n) is 14.2. The summed E-state index contributed by atoms with van der Waals surface area (Å²) in [6.07, 6.45) is 0.839. The molecule has 10 heteroatoms. The summed E-state index contributed by atoms with van der Waals surface area (Å²) in [5.41, 5.74) is 0.232. The second kappa shape index (κ2) is 7.52. The van der Waals surface area contributed by atoms with Crippen molar-refractivity contribution >= 4 is 28.9 Å². The minimum atomic E-state index is -0.759. The molecule has 1 amide bonds. The van der Waals surface area contributed by atoms with Gasteiger partial charge in [0.1, 0.15) is 5.65 Å². The van der Waals surface area contributed by atoms with Crippen molar-refractivity contribution < 1.29 is 14.5 Å². The Balaban J connectivity index is 1.84. The normalized spacial score (nSPS) is 10.4. The number of nitrogens with one attached hydrogen (secondary N) is 2. The summed E-state index contributed by atoms with van der Waals surface area (Å²) < 4.78 is 5.63. The highest BCUT2D eigenvalue weighted by Crippen LogP contribution is 2.19. The molecule has 0 spiro atoms. The van der Waals surface area contributed by atoms with Gasteiger partial charge in [-0.2, -0.15) is 0 Å². The number of methoxy groups -OCH3 is 1. The Morgan fingerprint density at radius 3 is 2.67 bits per heavy atom. The topological polar surface area (TPSA) is 128 Å². The summed E-state index contributed by atoms with van der Waals surface area (Å²) in [6.45, 7) is 0.203. The smallest absolute Gasteiger partial charge is 0.411 e. The fourth-order valence-corrected chi connectivity index (χ4v) is 2.43. The third-order valence-corrected chi connectivity index (χ3v) is 3.74. The maximum atomic E-state index is 12.4. The van der Waals surface area contributed by atoms with Crippen LogP contribution < -0.4 is 16.2 Å². The van der Waals surface area contributed by atoms with Crippen LogP contribution in [0.25, 0.3) is 5.65 Å². The maximum absolute atomic E-state index is 12.4. The van der Waals surface area contributed by atoms with Crippen LogP contribution in [0.5, 0.6) is 0 Å². The van der Waals surface area contributed by atoms with Crippen molar-refractivity contribution in [3.8, 4) is 0 Å². The Morgan fingerprint density at radius 1 is 1.26 bits per heavy atom. The Hall–Kier alpha value is -3.95. The van der Waals surface area contributed by atoms with Crippen LogP contribution in [0.15, 0.2) is 53.5 Å². The number of fused-ring (bicyclic) bond motifs is 1. The molecule has 0 saturated heterocycles. The number of pyridine rings is 1. The molecule has 27 heavy (non-hydrogen) atoms. The van der Waals surface area contributed by atoms with E-state index in [2.05, 4.69) is 20.4 Å². The summed E-state index contributed by atoms with van der Waals surface area (Å²) in [6, 6.07) is 11.6. The monoisotopic (exact) mass is 369 g/mol. The number of rotatable bonds is 5. The molecule has 0 aliphatic carbocycles. The predicted octanol–water partition coefficient (Wildman–Crippen LogP) is 2.39. The first kappa shape index (κ1) is 17.9. The molecule has 0 radical (unpaired) electrons. The number of nitrogens with zero attached hydrogens (tertiary/aromatic N) is 3. The average Bonchev–Trinajstić information content (AvgIpc) is 2.67. The maximum Gasteiger partial charge on any atom is 0.411 e. The first-order chi connectivity index (χ1) is 13.0. The van der Waals surface area contributed by atoms with Gasteiger partial charge in [0, 0.05) is 18.4 Å². The summed E-state index contributed by atoms with van der Waals surface area (Å²) in [7, 11) is 1.26. The van der Waals surface area contributed by atoms with Crippen LogP contribution in [-0.2, 0) is 11.3 Å². The van der Waals surface area contributed by atoms with Crippen molar-refractivity contribution in [1.82, 2.24) is 9.38 Å². The number of benzene rings is 1. The molecule has 3 rings (SSSR count). The van der Waals surface area contributed by atoms with Gasteiger partial charge in [0.25, 0.3) is 0 Å². The summed E-state index contributed by atoms with van der Waals surface area (Å²) in [4.78, 5) is 38.3. The zero-order valence-corrected chi connectivity index (χ0v) is 14.2. The molecule has 0 bridgehead atoms. The quantitative estimate of drug-likeness (QED) is 0.522. The SMILES string of the molecule is COC(=O)Nc1ccc(CNc2nc3ccccn3c(=O)c2[N+](=O)[O-])cc1. The summed E-state index contributed by atoms with van der Waals surface area (Å²) in [5.74, 6) is -0.104. The summed E-state index contributed by atoms with van der Waals surface area (Å²) >= 11 is 0. The van der Waals surface area contributed by atoms with Gasteiger partial charge in [-0.3, -0.25) is 24.6 Å². The van der Waals surface area contributed by atoms with E-state index in [1.165, 1.54) is 13.3 Å². The zero-order chi connectivity index (χ0) is 19.4. The molecule has 2 aromatic heterocycles. The molecule has 0 fully saturated rings. The summed E-state index contributed by atoms with van der Waals surface area (Å²) in [5, 5.41) is 16.7. The van der Waals surface area contributed by atoms with E-state index in [9.17, 15) is 19.7 Å². The van der Waals surface area contributed by atoms with Crippen molar-refractivity contribution in [1.29, 1.82) is 0 Å². The average molecular weight is 369 g/mol. The number of hydrogen-bond acceptors (Lipinski definition) is 7. The number of amides is 1. The Morgan fingerprint density at radius 2 is 2.00 bits per heavy atom. The van der Waals surface area contributed by atoms with E-state index in [0.717, 1.165) is 9.96 Å². The minimum Gasteiger partial charge on any atom is -0.453 e. The highest BCUT2D eigenvalue weighted by atomic mass is 16.6. The molecular weight excluding hydrogens is 354 g/mol. The molecule has 2 heterocycles. The lowest BCUT2D eigenvalue weighted by Crippen LogP contribution is -2.21. The standard InChI is InChI=1S/C17H15N5O5/c1-27-17(24)19-12-7-5-11(6-8-12)10-18-15-14(22(25)26)16(23)21-9-3-2-4-13(21)20-15/h2-9,18H,10H2,1H3,(H,19,24). The van der Waals surface area contributed by atoms with Gasteiger partial charge in [0.2, 0.25) is 5.82 Å². The van der Waals surface area contributed by atoms with Crippen molar-refractivity contribution in [3.63, 3.8) is 0 Å². The number of ether oxygens (including phenoxy) is 1. The Labute approximate surface area is 152 Å². The number of aromatic nitrogens is 2. The highest BCUT2D eigenvalue weighted by Gasteiger charge is 2.23. The lowest BCUT2D eigenvalue weighted by molar-refractivity contribution is -0.385. The number of hydrogen-bond donors (Lipinski definition) is 2. The third-order valence-electron chi connectivity index (χ3n) is 3.74. The van der Waals surface area contributed by atoms with Gasteiger partial charge in [-0.15, -0.1) is 0 Å². The van der Waals surface area contributed by atoms with E-state index in [1.807, 2.05) is 0 Å². The van der Waals surface area contributed by atoms with Crippen LogP contribution in [0.1, 0.15) is 5.56 Å². The largest absolute Gasteiger partial charge is 0.453 e. The van der Waals surface area contributed by atoms with E-state index in [4.69, 9.17) is 0 Å². The van der Waals surface area contributed by atoms with E-state index in [1.54, 1.807) is 42.5 Å². The lowest BCUT2D eigenvalue weighted by Gasteiger charge is -2.09. The molecule has 1 aromatic carbocycles. The second-order valence-corrected chi connectivity index (χ2v) is 5.47. The van der Waals surface area contributed by atoms with Crippen molar-refractivity contribution in [2.45, 2.75) is 6.54 Å². The van der Waals surface area contributed by atoms with E-state index in [0.29, 0.717) is 11.3 Å². The van der Waals surface area contributed by atoms with Gasteiger partial charge in [0.15, 0.2) is 0 Å². The predicted molar refractivity (Wildman–Crippen MR) is 97.9 cm³/mol. The number of carbonyl (C=O) groups excluding carboxylic acids is 1. The van der Waals surface area contributed by atoms with E-state index >= 15 is 0 Å². The molecule has 2 N–H and O–H groups in total. The van der Waals surface area contributed by atoms with Crippen LogP contribution in [0, 0.1) is 10.1 Å². The molecule has 0 aliphatic heterocycles. The van der Waals surface area contributed by atoms with Gasteiger partial charge in [-0.1, -0.05) is 18.2 Å². The fraction of sp³-hybridized carbons (Fsp3) is 0.118. The molecule has 0 unspecified atom stereocenters. The molecule has 0 aliphatic rings. The van der Waals surface area contributed by atoms with Crippen LogP contribution in [-0.4, -0.2) is 27.5 Å². The number of anilines is 2. The van der Waals surface area contributed by atoms with Crippen LogP contribution in [0.2, 0.25) is 0 Å². The van der Waals surface area contributed by atoms with Crippen molar-refractivity contribution in [3.05, 3.63) is 74.7 Å². The molecule has 138 valence electrons. The van der Waals surface area contributed by atoms with Crippen molar-refractivity contribution in [2.24, 2.45) is 0 Å². The Bertz CT molecular complexity index is 1060. The van der Waals surface area contributed by atoms with Gasteiger partial charge < -0.3 is 10.1 Å². The molecule has 0 atom stereocenters. The molecular formula is C17H15N5O5. The first-order valence-corrected chi connectivity index (χ1v) is 7.83. The van der Waals surface area contributed by atoms with Gasteiger partial charge in [-0.05, 0) is 29.8 Å². The van der Waals surface area contributed by atoms with Crippen LogP contribution in [0.3, 0.4) is 0 Å². The highest BCUT2D eigenvalue weighted by molar-refractivity contribution is 5.84. The minimum absolute atomic E-state index is 0.104. The van der Waals surface area contributed by atoms with E-state index < -0.39 is 22.3 Å². The van der Waals surface area contributed by atoms with Crippen molar-refractivity contribution in [2.75, 3.05) is 17.7 Å². The van der Waals surface area contributed by atoms with Gasteiger partial charge in [0.05, 0.1) is 12.0 Å².